The summed E-state index contributed by atoms with van der Waals surface area (Å²) < 4.78 is 18.0. The van der Waals surface area contributed by atoms with Gasteiger partial charge in [0.2, 0.25) is 5.91 Å². The third kappa shape index (κ3) is 3.45. The average Bonchev–Trinajstić information content (AvgIpc) is 3.10. The summed E-state index contributed by atoms with van der Waals surface area (Å²) in [7, 11) is 0. The Bertz CT molecular complexity index is 820. The van der Waals surface area contributed by atoms with Crippen molar-refractivity contribution in [2.24, 2.45) is 0 Å². The molecule has 118 valence electrons. The Balaban J connectivity index is 1.69. The maximum absolute atomic E-state index is 12.9. The smallest absolute Gasteiger partial charge is 0.230 e. The van der Waals surface area contributed by atoms with E-state index >= 15 is 0 Å². The molecule has 1 amide bonds. The Morgan fingerprint density at radius 1 is 1.30 bits per heavy atom. The maximum atomic E-state index is 12.9. The van der Waals surface area contributed by atoms with Crippen LogP contribution >= 0.6 is 11.3 Å². The Morgan fingerprint density at radius 2 is 2.04 bits per heavy atom. The second-order valence-corrected chi connectivity index (χ2v) is 5.93. The number of nitrogens with one attached hydrogen (secondary N) is 1. The van der Waals surface area contributed by atoms with E-state index in [2.05, 4.69) is 15.5 Å². The lowest BCUT2D eigenvalue weighted by atomic mass is 10.1. The van der Waals surface area contributed by atoms with E-state index in [0.717, 1.165) is 11.1 Å². The van der Waals surface area contributed by atoms with Gasteiger partial charge in [-0.05, 0) is 38.1 Å². The molecule has 0 unspecified atom stereocenters. The number of carbonyl (C=O) groups excluding carboxylic acids is 1. The molecule has 1 aromatic carbocycles. The van der Waals surface area contributed by atoms with E-state index in [9.17, 15) is 9.18 Å². The molecule has 23 heavy (non-hydrogen) atoms. The van der Waals surface area contributed by atoms with Gasteiger partial charge in [0.25, 0.3) is 0 Å². The van der Waals surface area contributed by atoms with Crippen LogP contribution in [0.15, 0.2) is 34.2 Å². The Hall–Kier alpha value is -2.54. The predicted octanol–water partition coefficient (Wildman–Crippen LogP) is 3.74. The molecule has 3 aromatic rings. The molecule has 0 fully saturated rings. The molecule has 0 aliphatic heterocycles. The van der Waals surface area contributed by atoms with Gasteiger partial charge >= 0.3 is 0 Å². The average molecular weight is 331 g/mol. The number of carbonyl (C=O) groups is 1. The molecule has 5 nitrogen and oxygen atoms in total. The number of aromatic nitrogens is 2. The fourth-order valence-electron chi connectivity index (χ4n) is 2.16. The van der Waals surface area contributed by atoms with Crippen LogP contribution in [0.4, 0.5) is 9.52 Å². The molecule has 2 aromatic heterocycles. The van der Waals surface area contributed by atoms with Gasteiger partial charge in [0.15, 0.2) is 5.13 Å². The largest absolute Gasteiger partial charge is 0.361 e. The van der Waals surface area contributed by atoms with Crippen molar-refractivity contribution in [1.29, 1.82) is 0 Å². The number of amides is 1. The number of aryl methyl sites for hydroxylation is 2. The summed E-state index contributed by atoms with van der Waals surface area (Å²) in [4.78, 5) is 16.5. The highest BCUT2D eigenvalue weighted by atomic mass is 32.1. The number of hydrogen-bond acceptors (Lipinski definition) is 5. The van der Waals surface area contributed by atoms with Crippen LogP contribution in [-0.4, -0.2) is 16.0 Å². The van der Waals surface area contributed by atoms with Gasteiger partial charge in [0.05, 0.1) is 17.8 Å². The molecule has 0 bridgehead atoms. The molecule has 0 saturated carbocycles. The molecule has 0 spiro atoms. The molecule has 2 heterocycles. The van der Waals surface area contributed by atoms with Crippen molar-refractivity contribution < 1.29 is 13.7 Å². The van der Waals surface area contributed by atoms with Gasteiger partial charge in [-0.2, -0.15) is 0 Å². The highest BCUT2D eigenvalue weighted by molar-refractivity contribution is 7.14. The van der Waals surface area contributed by atoms with Gasteiger partial charge in [-0.1, -0.05) is 5.16 Å². The first-order chi connectivity index (χ1) is 11.0. The lowest BCUT2D eigenvalue weighted by Gasteiger charge is -2.01. The normalized spacial score (nSPS) is 10.7. The van der Waals surface area contributed by atoms with E-state index in [0.29, 0.717) is 22.3 Å². The molecular formula is C16H14FN3O2S. The minimum absolute atomic E-state index is 0.181. The van der Waals surface area contributed by atoms with Crippen LogP contribution in [0.1, 0.15) is 17.0 Å². The fraction of sp³-hybridized carbons (Fsp3) is 0.188. The Kier molecular flexibility index (Phi) is 4.20. The number of rotatable bonds is 4. The molecule has 0 saturated heterocycles. The molecule has 0 atom stereocenters. The van der Waals surface area contributed by atoms with Crippen molar-refractivity contribution in [3.8, 4) is 11.3 Å². The number of hydrogen-bond donors (Lipinski definition) is 1. The highest BCUT2D eigenvalue weighted by Crippen LogP contribution is 2.25. The molecule has 3 rings (SSSR count). The number of nitrogens with zero attached hydrogens (tertiary/aromatic N) is 2. The molecule has 0 aliphatic rings. The van der Waals surface area contributed by atoms with Crippen LogP contribution in [0.3, 0.4) is 0 Å². The van der Waals surface area contributed by atoms with Crippen LogP contribution in [0, 0.1) is 19.7 Å². The van der Waals surface area contributed by atoms with Gasteiger partial charge in [-0.3, -0.25) is 4.79 Å². The summed E-state index contributed by atoms with van der Waals surface area (Å²) in [6, 6.07) is 6.06. The minimum atomic E-state index is -0.294. The third-order valence-electron chi connectivity index (χ3n) is 3.41. The van der Waals surface area contributed by atoms with E-state index in [4.69, 9.17) is 4.52 Å². The van der Waals surface area contributed by atoms with E-state index < -0.39 is 0 Å². The number of halogens is 1. The summed E-state index contributed by atoms with van der Waals surface area (Å²) in [5, 5.41) is 8.91. The molecule has 0 aliphatic carbocycles. The zero-order valence-corrected chi connectivity index (χ0v) is 13.4. The summed E-state index contributed by atoms with van der Waals surface area (Å²) in [6.45, 7) is 3.58. The third-order valence-corrected chi connectivity index (χ3v) is 4.17. The van der Waals surface area contributed by atoms with Crippen LogP contribution in [0.5, 0.6) is 0 Å². The van der Waals surface area contributed by atoms with Crippen LogP contribution in [-0.2, 0) is 11.2 Å². The van der Waals surface area contributed by atoms with Crippen LogP contribution in [0.25, 0.3) is 11.3 Å². The van der Waals surface area contributed by atoms with Crippen molar-refractivity contribution in [2.45, 2.75) is 20.3 Å². The Labute approximate surface area is 136 Å². The SMILES string of the molecule is Cc1noc(C)c1CC(=O)Nc1nc(-c2ccc(F)cc2)cs1. The summed E-state index contributed by atoms with van der Waals surface area (Å²) in [5.41, 5.74) is 3.00. The fourth-order valence-corrected chi connectivity index (χ4v) is 2.90. The predicted molar refractivity (Wildman–Crippen MR) is 85.8 cm³/mol. The number of benzene rings is 1. The molecule has 1 N–H and O–H groups in total. The highest BCUT2D eigenvalue weighted by Gasteiger charge is 2.15. The monoisotopic (exact) mass is 331 g/mol. The molecule has 7 heteroatoms. The first-order valence-electron chi connectivity index (χ1n) is 6.96. The van der Waals surface area contributed by atoms with Gasteiger partial charge in [0, 0.05) is 16.5 Å². The van der Waals surface area contributed by atoms with Crippen molar-refractivity contribution in [3.63, 3.8) is 0 Å². The van der Waals surface area contributed by atoms with E-state index in [-0.39, 0.29) is 18.1 Å². The number of thiazole rings is 1. The van der Waals surface area contributed by atoms with Crippen molar-refractivity contribution >= 4 is 22.4 Å². The van der Waals surface area contributed by atoms with Crippen molar-refractivity contribution in [3.05, 3.63) is 52.5 Å². The minimum Gasteiger partial charge on any atom is -0.361 e. The first kappa shape index (κ1) is 15.4. The first-order valence-corrected chi connectivity index (χ1v) is 7.84. The van der Waals surface area contributed by atoms with Crippen LogP contribution < -0.4 is 5.32 Å². The molecular weight excluding hydrogens is 317 g/mol. The molecule has 0 radical (unpaired) electrons. The van der Waals surface area contributed by atoms with Gasteiger partial charge in [0.1, 0.15) is 11.6 Å². The lowest BCUT2D eigenvalue weighted by molar-refractivity contribution is -0.115. The Morgan fingerprint density at radius 3 is 2.70 bits per heavy atom. The topological polar surface area (TPSA) is 68.0 Å². The quantitative estimate of drug-likeness (QED) is 0.791. The van der Waals surface area contributed by atoms with Gasteiger partial charge in [-0.15, -0.1) is 11.3 Å². The zero-order valence-electron chi connectivity index (χ0n) is 12.6. The number of anilines is 1. The zero-order chi connectivity index (χ0) is 16.4. The van der Waals surface area contributed by atoms with E-state index in [1.54, 1.807) is 26.0 Å². The summed E-state index contributed by atoms with van der Waals surface area (Å²) in [6.07, 6.45) is 0.187. The van der Waals surface area contributed by atoms with E-state index in [1.165, 1.54) is 23.5 Å². The second kappa shape index (κ2) is 6.29. The van der Waals surface area contributed by atoms with Crippen molar-refractivity contribution in [2.75, 3.05) is 5.32 Å². The summed E-state index contributed by atoms with van der Waals surface area (Å²) >= 11 is 1.32. The van der Waals surface area contributed by atoms with Crippen molar-refractivity contribution in [1.82, 2.24) is 10.1 Å². The van der Waals surface area contributed by atoms with Crippen LogP contribution in [0.2, 0.25) is 0 Å². The lowest BCUT2D eigenvalue weighted by Crippen LogP contribution is -2.15. The van der Waals surface area contributed by atoms with Gasteiger partial charge < -0.3 is 9.84 Å². The van der Waals surface area contributed by atoms with E-state index in [1.807, 2.05) is 5.38 Å². The standard InChI is InChI=1S/C16H14FN3O2S/c1-9-13(10(2)22-20-9)7-15(21)19-16-18-14(8-23-16)11-3-5-12(17)6-4-11/h3-6,8H,7H2,1-2H3,(H,18,19,21). The second-order valence-electron chi connectivity index (χ2n) is 5.07. The maximum Gasteiger partial charge on any atom is 0.230 e. The summed E-state index contributed by atoms with van der Waals surface area (Å²) in [5.74, 6) is 0.167. The van der Waals surface area contributed by atoms with Gasteiger partial charge in [-0.25, -0.2) is 9.37 Å².